The summed E-state index contributed by atoms with van der Waals surface area (Å²) in [5.74, 6) is 0.121. The van der Waals surface area contributed by atoms with Gasteiger partial charge in [-0.15, -0.1) is 0 Å². The molecule has 0 unspecified atom stereocenters. The lowest BCUT2D eigenvalue weighted by Gasteiger charge is -2.27. The fourth-order valence-electron chi connectivity index (χ4n) is 2.09. The van der Waals surface area contributed by atoms with Crippen LogP contribution < -0.4 is 0 Å². The molecule has 2 nitrogen and oxygen atoms in total. The van der Waals surface area contributed by atoms with E-state index in [2.05, 4.69) is 48.5 Å². The topological polar surface area (TPSA) is 37.3 Å². The van der Waals surface area contributed by atoms with Crippen molar-refractivity contribution in [2.24, 2.45) is 0 Å². The molecule has 0 aliphatic rings. The summed E-state index contributed by atoms with van der Waals surface area (Å²) >= 11 is 0. The summed E-state index contributed by atoms with van der Waals surface area (Å²) < 4.78 is 0. The van der Waals surface area contributed by atoms with Crippen LogP contribution in [0.25, 0.3) is 6.08 Å². The number of phenolic OH excluding ortho intramolecular Hbond substituents is 1. The monoisotopic (exact) mass is 273 g/mol. The fourth-order valence-corrected chi connectivity index (χ4v) is 2.09. The first-order chi connectivity index (χ1) is 8.93. The Bertz CT molecular complexity index is 503. The molecule has 0 aromatic heterocycles. The van der Waals surface area contributed by atoms with Crippen molar-refractivity contribution in [2.75, 3.05) is 0 Å². The number of phenols is 1. The first kappa shape index (κ1) is 16.5. The molecule has 1 rings (SSSR count). The van der Waals surface area contributed by atoms with Gasteiger partial charge in [0.1, 0.15) is 5.75 Å². The van der Waals surface area contributed by atoms with Crippen molar-refractivity contribution < 1.29 is 9.90 Å². The molecule has 0 aliphatic heterocycles. The number of hydrogen-bond acceptors (Lipinski definition) is 2. The molecule has 1 N–H and O–H groups in total. The maximum atomic E-state index is 11.0. The Morgan fingerprint density at radius 2 is 1.45 bits per heavy atom. The highest BCUT2D eigenvalue weighted by molar-refractivity contribution is 5.96. The summed E-state index contributed by atoms with van der Waals surface area (Å²) in [7, 11) is 0. The van der Waals surface area contributed by atoms with E-state index in [1.54, 1.807) is 6.08 Å². The summed E-state index contributed by atoms with van der Waals surface area (Å²) in [5, 5.41) is 10.6. The number of rotatable bonds is 2. The minimum absolute atomic E-state index is 0.164. The maximum absolute atomic E-state index is 11.0. The number of carbonyl (C=O) groups is 1. The van der Waals surface area contributed by atoms with E-state index in [1.807, 2.05) is 12.1 Å². The smallest absolute Gasteiger partial charge is 0.156 e. The van der Waals surface area contributed by atoms with Gasteiger partial charge in [-0.3, -0.25) is 4.79 Å². The molecule has 0 heterocycles. The number of hydrogen-bond donors (Lipinski definition) is 1. The molecular formula is C18H25O2. The summed E-state index contributed by atoms with van der Waals surface area (Å²) in [6.45, 7) is 15.7. The number of aromatic hydroxyl groups is 1. The quantitative estimate of drug-likeness (QED) is 0.811. The molecule has 0 amide bonds. The van der Waals surface area contributed by atoms with Crippen molar-refractivity contribution >= 4 is 11.9 Å². The maximum Gasteiger partial charge on any atom is 0.156 e. The first-order valence-corrected chi connectivity index (χ1v) is 6.85. The van der Waals surface area contributed by atoms with Gasteiger partial charge in [0, 0.05) is 18.1 Å². The summed E-state index contributed by atoms with van der Waals surface area (Å²) in [6, 6.07) is 3.87. The van der Waals surface area contributed by atoms with Crippen LogP contribution in [0.3, 0.4) is 0 Å². The molecular weight excluding hydrogens is 248 g/mol. The standard InChI is InChI=1S/C18H25O2/c1-12(19)8-9-13-10-14(17(2,3)4)16(20)15(11-13)18(5,6)7/h8-11,20H,1H2,2-7H3. The van der Waals surface area contributed by atoms with Gasteiger partial charge in [0.25, 0.3) is 0 Å². The fraction of sp³-hybridized carbons (Fsp3) is 0.444. The third kappa shape index (κ3) is 3.96. The van der Waals surface area contributed by atoms with Gasteiger partial charge in [-0.1, -0.05) is 47.6 Å². The van der Waals surface area contributed by atoms with Gasteiger partial charge >= 0.3 is 0 Å². The van der Waals surface area contributed by atoms with E-state index in [9.17, 15) is 9.90 Å². The minimum atomic E-state index is -0.229. The van der Waals surface area contributed by atoms with Crippen molar-refractivity contribution in [1.82, 2.24) is 0 Å². The van der Waals surface area contributed by atoms with Crippen LogP contribution in [-0.2, 0) is 15.6 Å². The molecule has 2 heteroatoms. The van der Waals surface area contributed by atoms with Gasteiger partial charge in [0.15, 0.2) is 5.78 Å². The van der Waals surface area contributed by atoms with Gasteiger partial charge < -0.3 is 5.11 Å². The van der Waals surface area contributed by atoms with E-state index in [0.717, 1.165) is 16.7 Å². The lowest BCUT2D eigenvalue weighted by Crippen LogP contribution is -2.17. The minimum Gasteiger partial charge on any atom is -0.507 e. The third-order valence-electron chi connectivity index (χ3n) is 3.21. The highest BCUT2D eigenvalue weighted by atomic mass is 16.3. The van der Waals surface area contributed by atoms with Crippen LogP contribution >= 0.6 is 0 Å². The van der Waals surface area contributed by atoms with Gasteiger partial charge in [-0.05, 0) is 34.6 Å². The number of allylic oxidation sites excluding steroid dienone is 1. The van der Waals surface area contributed by atoms with E-state index in [1.165, 1.54) is 6.08 Å². The molecule has 0 saturated carbocycles. The Morgan fingerprint density at radius 1 is 1.05 bits per heavy atom. The molecule has 0 aliphatic carbocycles. The Labute approximate surface area is 122 Å². The Hall–Kier alpha value is -1.57. The summed E-state index contributed by atoms with van der Waals surface area (Å²) in [6.07, 6.45) is 3.20. The van der Waals surface area contributed by atoms with Crippen LogP contribution in [0.2, 0.25) is 0 Å². The Balaban J connectivity index is 3.54. The van der Waals surface area contributed by atoms with Crippen LogP contribution in [0.4, 0.5) is 0 Å². The zero-order chi connectivity index (χ0) is 15.7. The van der Waals surface area contributed by atoms with Crippen molar-refractivity contribution in [3.63, 3.8) is 0 Å². The molecule has 0 spiro atoms. The molecule has 109 valence electrons. The van der Waals surface area contributed by atoms with Gasteiger partial charge in [0.2, 0.25) is 0 Å². The molecule has 0 atom stereocenters. The predicted molar refractivity (Wildman–Crippen MR) is 84.9 cm³/mol. The van der Waals surface area contributed by atoms with Crippen LogP contribution in [0.1, 0.15) is 58.2 Å². The second kappa shape index (κ2) is 5.43. The molecule has 1 aromatic carbocycles. The molecule has 0 fully saturated rings. The predicted octanol–water partition coefficient (Wildman–Crippen LogP) is 4.40. The number of benzene rings is 1. The lowest BCUT2D eigenvalue weighted by atomic mass is 9.78. The Morgan fingerprint density at radius 3 is 1.75 bits per heavy atom. The zero-order valence-electron chi connectivity index (χ0n) is 13.4. The van der Waals surface area contributed by atoms with E-state index in [-0.39, 0.29) is 16.6 Å². The number of carbonyl (C=O) groups excluding carboxylic acids is 1. The van der Waals surface area contributed by atoms with E-state index >= 15 is 0 Å². The van der Waals surface area contributed by atoms with Gasteiger partial charge in [-0.25, -0.2) is 0 Å². The average Bonchev–Trinajstić information content (AvgIpc) is 2.24. The third-order valence-corrected chi connectivity index (χ3v) is 3.21. The van der Waals surface area contributed by atoms with E-state index in [0.29, 0.717) is 5.75 Å². The van der Waals surface area contributed by atoms with Crippen LogP contribution in [0.15, 0.2) is 18.2 Å². The molecule has 0 bridgehead atoms. The van der Waals surface area contributed by atoms with Crippen LogP contribution in [0, 0.1) is 6.92 Å². The molecule has 0 saturated heterocycles. The summed E-state index contributed by atoms with van der Waals surface area (Å²) in [4.78, 5) is 11.0. The van der Waals surface area contributed by atoms with Crippen molar-refractivity contribution in [1.29, 1.82) is 0 Å². The lowest BCUT2D eigenvalue weighted by molar-refractivity contribution is -0.110. The average molecular weight is 273 g/mol. The zero-order valence-corrected chi connectivity index (χ0v) is 13.4. The Kier molecular flexibility index (Phi) is 4.48. The van der Waals surface area contributed by atoms with Crippen molar-refractivity contribution in [3.05, 3.63) is 41.8 Å². The first-order valence-electron chi connectivity index (χ1n) is 6.85. The highest BCUT2D eigenvalue weighted by Crippen LogP contribution is 2.39. The SMILES string of the molecule is [CH2]C(=O)C=Cc1cc(C(C)(C)C)c(O)c(C(C)(C)C)c1. The van der Waals surface area contributed by atoms with Crippen molar-refractivity contribution in [3.8, 4) is 5.75 Å². The second-order valence-corrected chi connectivity index (χ2v) is 7.26. The van der Waals surface area contributed by atoms with Crippen molar-refractivity contribution in [2.45, 2.75) is 52.4 Å². The van der Waals surface area contributed by atoms with Gasteiger partial charge in [0.05, 0.1) is 0 Å². The highest BCUT2D eigenvalue weighted by Gasteiger charge is 2.26. The van der Waals surface area contributed by atoms with Gasteiger partial charge in [-0.2, -0.15) is 0 Å². The van der Waals surface area contributed by atoms with Crippen LogP contribution in [0.5, 0.6) is 5.75 Å². The number of ketones is 1. The largest absolute Gasteiger partial charge is 0.507 e. The van der Waals surface area contributed by atoms with E-state index < -0.39 is 0 Å². The molecule has 20 heavy (non-hydrogen) atoms. The van der Waals surface area contributed by atoms with Crippen LogP contribution in [-0.4, -0.2) is 10.9 Å². The second-order valence-electron chi connectivity index (χ2n) is 7.26. The van der Waals surface area contributed by atoms with E-state index in [4.69, 9.17) is 0 Å². The molecule has 1 radical (unpaired) electrons. The normalized spacial score (nSPS) is 12.9. The summed E-state index contributed by atoms with van der Waals surface area (Å²) in [5.41, 5.74) is 2.36. The molecule has 1 aromatic rings.